The van der Waals surface area contributed by atoms with Crippen LogP contribution in [-0.2, 0) is 6.54 Å². The van der Waals surface area contributed by atoms with E-state index >= 15 is 0 Å². The van der Waals surface area contributed by atoms with Gasteiger partial charge in [-0.05, 0) is 23.3 Å². The number of nitrogens with one attached hydrogen (secondary N) is 1. The number of tetrazole rings is 1. The molecule has 1 saturated heterocycles. The molecule has 1 aromatic rings. The van der Waals surface area contributed by atoms with E-state index in [1.807, 2.05) is 0 Å². The van der Waals surface area contributed by atoms with Crippen LogP contribution in [0.15, 0.2) is 0 Å². The average Bonchev–Trinajstić information content (AvgIpc) is 2.98. The van der Waals surface area contributed by atoms with Crippen molar-refractivity contribution in [2.75, 3.05) is 13.1 Å². The largest absolute Gasteiger partial charge is 0.329 e. The number of hydrogen-bond acceptors (Lipinski definition) is 3. The van der Waals surface area contributed by atoms with E-state index in [0.29, 0.717) is 6.04 Å². The Kier molecular flexibility index (Phi) is 2.86. The molecule has 3 rings (SSSR count). The van der Waals surface area contributed by atoms with Gasteiger partial charge in [-0.3, -0.25) is 0 Å². The van der Waals surface area contributed by atoms with Gasteiger partial charge in [0.15, 0.2) is 0 Å². The van der Waals surface area contributed by atoms with Gasteiger partial charge in [0.1, 0.15) is 6.54 Å². The van der Waals surface area contributed by atoms with Gasteiger partial charge in [0.05, 0.1) is 19.1 Å². The van der Waals surface area contributed by atoms with Crippen molar-refractivity contribution in [1.82, 2.24) is 20.2 Å². The minimum atomic E-state index is 0.576. The Bertz CT molecular complexity index is 336. The molecule has 5 heteroatoms. The van der Waals surface area contributed by atoms with E-state index in [2.05, 4.69) is 20.2 Å². The number of likely N-dealkylation sites (tertiary alicyclic amines) is 1. The van der Waals surface area contributed by atoms with Crippen LogP contribution in [0.3, 0.4) is 0 Å². The summed E-state index contributed by atoms with van der Waals surface area (Å²) in [4.78, 5) is 1.65. The molecule has 1 aromatic heterocycles. The monoisotopic (exact) mass is 222 g/mol. The first kappa shape index (κ1) is 10.2. The molecule has 2 fully saturated rings. The van der Waals surface area contributed by atoms with E-state index in [1.54, 1.807) is 4.90 Å². The summed E-state index contributed by atoms with van der Waals surface area (Å²) in [5.74, 6) is 1.10. The normalized spacial score (nSPS) is 23.2. The maximum Gasteiger partial charge on any atom is 0.206 e. The predicted molar refractivity (Wildman–Crippen MR) is 59.0 cm³/mol. The van der Waals surface area contributed by atoms with Crippen molar-refractivity contribution in [3.8, 4) is 0 Å². The number of quaternary nitrogens is 1. The lowest BCUT2D eigenvalue weighted by atomic mass is 10.2. The number of aromatic nitrogens is 4. The highest BCUT2D eigenvalue weighted by Gasteiger charge is 2.24. The summed E-state index contributed by atoms with van der Waals surface area (Å²) in [6.45, 7) is 3.60. The Hall–Kier alpha value is -0.970. The minimum absolute atomic E-state index is 0.576. The first-order chi connectivity index (χ1) is 7.93. The van der Waals surface area contributed by atoms with Gasteiger partial charge in [-0.25, -0.2) is 4.68 Å². The van der Waals surface area contributed by atoms with Crippen molar-refractivity contribution >= 4 is 0 Å². The van der Waals surface area contributed by atoms with Gasteiger partial charge in [0, 0.05) is 12.8 Å². The third-order valence-corrected chi connectivity index (χ3v) is 3.95. The Morgan fingerprint density at radius 2 is 1.88 bits per heavy atom. The fourth-order valence-electron chi connectivity index (χ4n) is 3.04. The molecule has 88 valence electrons. The molecule has 16 heavy (non-hydrogen) atoms. The van der Waals surface area contributed by atoms with Crippen LogP contribution in [0.4, 0.5) is 0 Å². The van der Waals surface area contributed by atoms with Gasteiger partial charge in [-0.15, -0.1) is 5.10 Å². The summed E-state index contributed by atoms with van der Waals surface area (Å²) in [5.41, 5.74) is 0. The zero-order valence-electron chi connectivity index (χ0n) is 9.73. The van der Waals surface area contributed by atoms with Gasteiger partial charge >= 0.3 is 0 Å². The van der Waals surface area contributed by atoms with Crippen molar-refractivity contribution in [1.29, 1.82) is 0 Å². The molecule has 0 aromatic carbocycles. The molecular formula is C11H20N5+. The molecule has 5 nitrogen and oxygen atoms in total. The van der Waals surface area contributed by atoms with Crippen molar-refractivity contribution in [3.05, 3.63) is 5.82 Å². The van der Waals surface area contributed by atoms with Crippen LogP contribution in [-0.4, -0.2) is 33.3 Å². The molecule has 0 unspecified atom stereocenters. The number of nitrogens with zero attached hydrogens (tertiary/aromatic N) is 4. The number of hydrogen-bond donors (Lipinski definition) is 1. The molecule has 0 bridgehead atoms. The number of rotatable bonds is 3. The lowest BCUT2D eigenvalue weighted by Gasteiger charge is -2.14. The maximum atomic E-state index is 4.21. The summed E-state index contributed by atoms with van der Waals surface area (Å²) in [6.07, 6.45) is 7.91. The Balaban J connectivity index is 1.71. The average molecular weight is 222 g/mol. The molecule has 1 aliphatic carbocycles. The van der Waals surface area contributed by atoms with Gasteiger partial charge in [-0.1, -0.05) is 12.8 Å². The smallest absolute Gasteiger partial charge is 0.206 e. The highest BCUT2D eigenvalue weighted by atomic mass is 15.6. The quantitative estimate of drug-likeness (QED) is 0.781. The third-order valence-electron chi connectivity index (χ3n) is 3.95. The summed E-state index contributed by atoms with van der Waals surface area (Å²) in [6, 6.07) is 0.576. The standard InChI is InChI=1S/C11H19N5/c1-2-6-10(5-1)16-11(12-13-14-16)9-15-7-3-4-8-15/h10H,1-9H2/p+1. The van der Waals surface area contributed by atoms with Gasteiger partial charge in [0.25, 0.3) is 0 Å². The van der Waals surface area contributed by atoms with Crippen molar-refractivity contribution in [2.45, 2.75) is 51.1 Å². The van der Waals surface area contributed by atoms with E-state index in [1.165, 1.54) is 51.6 Å². The predicted octanol–water partition coefficient (Wildman–Crippen LogP) is -0.0331. The van der Waals surface area contributed by atoms with E-state index in [4.69, 9.17) is 0 Å². The molecule has 1 aliphatic heterocycles. The second-order valence-electron chi connectivity index (χ2n) is 5.11. The van der Waals surface area contributed by atoms with Crippen LogP contribution in [0, 0.1) is 0 Å². The Morgan fingerprint density at radius 1 is 1.12 bits per heavy atom. The molecule has 2 heterocycles. The van der Waals surface area contributed by atoms with Crippen LogP contribution in [0.2, 0.25) is 0 Å². The lowest BCUT2D eigenvalue weighted by molar-refractivity contribution is -0.902. The van der Waals surface area contributed by atoms with E-state index < -0.39 is 0 Å². The summed E-state index contributed by atoms with van der Waals surface area (Å²) in [7, 11) is 0. The molecular weight excluding hydrogens is 202 g/mol. The zero-order valence-corrected chi connectivity index (χ0v) is 9.73. The van der Waals surface area contributed by atoms with Crippen LogP contribution >= 0.6 is 0 Å². The minimum Gasteiger partial charge on any atom is -0.329 e. The van der Waals surface area contributed by atoms with Crippen molar-refractivity contribution in [3.63, 3.8) is 0 Å². The topological polar surface area (TPSA) is 48.0 Å². The molecule has 0 spiro atoms. The van der Waals surface area contributed by atoms with E-state index in [9.17, 15) is 0 Å². The highest BCUT2D eigenvalue weighted by molar-refractivity contribution is 4.84. The Morgan fingerprint density at radius 3 is 2.62 bits per heavy atom. The molecule has 0 radical (unpaired) electrons. The Labute approximate surface area is 95.8 Å². The highest BCUT2D eigenvalue weighted by Crippen LogP contribution is 2.28. The molecule has 1 N–H and O–H groups in total. The summed E-state index contributed by atoms with van der Waals surface area (Å²) in [5, 5.41) is 12.2. The van der Waals surface area contributed by atoms with Crippen molar-refractivity contribution < 1.29 is 4.90 Å². The van der Waals surface area contributed by atoms with Gasteiger partial charge in [-0.2, -0.15) is 0 Å². The second-order valence-corrected chi connectivity index (χ2v) is 5.11. The SMILES string of the molecule is C1CCC(n2nnnc2C[NH+]2CCCC2)C1. The summed E-state index contributed by atoms with van der Waals surface area (Å²) < 4.78 is 2.10. The fourth-order valence-corrected chi connectivity index (χ4v) is 3.04. The van der Waals surface area contributed by atoms with Crippen LogP contribution in [0.5, 0.6) is 0 Å². The van der Waals surface area contributed by atoms with Gasteiger partial charge in [0.2, 0.25) is 5.82 Å². The lowest BCUT2D eigenvalue weighted by Crippen LogP contribution is -3.08. The second kappa shape index (κ2) is 4.49. The van der Waals surface area contributed by atoms with Crippen LogP contribution < -0.4 is 4.90 Å². The third kappa shape index (κ3) is 1.96. The van der Waals surface area contributed by atoms with Crippen LogP contribution in [0.25, 0.3) is 0 Å². The van der Waals surface area contributed by atoms with E-state index in [0.717, 1.165) is 12.4 Å². The molecule has 0 amide bonds. The summed E-state index contributed by atoms with van der Waals surface area (Å²) >= 11 is 0. The molecule has 0 atom stereocenters. The van der Waals surface area contributed by atoms with Crippen molar-refractivity contribution in [2.24, 2.45) is 0 Å². The fraction of sp³-hybridized carbons (Fsp3) is 0.909. The molecule has 1 saturated carbocycles. The first-order valence-corrected chi connectivity index (χ1v) is 6.54. The maximum absolute atomic E-state index is 4.21. The first-order valence-electron chi connectivity index (χ1n) is 6.54. The zero-order chi connectivity index (χ0) is 10.8. The van der Waals surface area contributed by atoms with E-state index in [-0.39, 0.29) is 0 Å². The molecule has 2 aliphatic rings. The van der Waals surface area contributed by atoms with Crippen LogP contribution in [0.1, 0.15) is 50.4 Å². The van der Waals surface area contributed by atoms with Gasteiger partial charge < -0.3 is 4.90 Å².